The van der Waals surface area contributed by atoms with Crippen molar-refractivity contribution in [2.45, 2.75) is 13.8 Å². The molecule has 0 aromatic heterocycles. The van der Waals surface area contributed by atoms with Crippen LogP contribution in [0.3, 0.4) is 0 Å². The molecule has 0 radical (unpaired) electrons. The molecule has 0 atom stereocenters. The number of benzene rings is 2. The molecular formula is C19H18ClNO2. The Kier molecular flexibility index (Phi) is 6.08. The fourth-order valence-electron chi connectivity index (χ4n) is 2.16. The Balaban J connectivity index is 2.40. The van der Waals surface area contributed by atoms with Crippen molar-refractivity contribution in [2.24, 2.45) is 0 Å². The molecule has 0 aliphatic heterocycles. The molecule has 0 aliphatic carbocycles. The van der Waals surface area contributed by atoms with E-state index in [-0.39, 0.29) is 0 Å². The van der Waals surface area contributed by atoms with E-state index in [2.05, 4.69) is 6.07 Å². The number of hydrogen-bond donors (Lipinski definition) is 0. The maximum Gasteiger partial charge on any atom is 0.161 e. The molecule has 0 N–H and O–H groups in total. The van der Waals surface area contributed by atoms with Crippen LogP contribution in [0.1, 0.15) is 25.0 Å². The van der Waals surface area contributed by atoms with Crippen molar-refractivity contribution < 1.29 is 9.47 Å². The average Bonchev–Trinajstić information content (AvgIpc) is 2.55. The monoisotopic (exact) mass is 327 g/mol. The Morgan fingerprint density at radius 2 is 1.83 bits per heavy atom. The van der Waals surface area contributed by atoms with Crippen LogP contribution in [0.5, 0.6) is 11.5 Å². The highest BCUT2D eigenvalue weighted by atomic mass is 35.5. The van der Waals surface area contributed by atoms with Crippen LogP contribution >= 0.6 is 11.6 Å². The van der Waals surface area contributed by atoms with Crippen LogP contribution in [0.2, 0.25) is 5.02 Å². The van der Waals surface area contributed by atoms with E-state index in [1.807, 2.05) is 50.3 Å². The smallest absolute Gasteiger partial charge is 0.161 e. The minimum Gasteiger partial charge on any atom is -0.490 e. The minimum absolute atomic E-state index is 0.541. The zero-order valence-corrected chi connectivity index (χ0v) is 13.9. The molecule has 0 heterocycles. The van der Waals surface area contributed by atoms with Gasteiger partial charge in [0.25, 0.3) is 0 Å². The normalized spacial score (nSPS) is 11.0. The van der Waals surface area contributed by atoms with E-state index in [0.717, 1.165) is 11.1 Å². The molecule has 118 valence electrons. The lowest BCUT2D eigenvalue weighted by Crippen LogP contribution is -1.98. The van der Waals surface area contributed by atoms with Gasteiger partial charge in [-0.25, -0.2) is 0 Å². The number of allylic oxidation sites excluding steroid dienone is 1. The summed E-state index contributed by atoms with van der Waals surface area (Å²) in [4.78, 5) is 0. The maximum atomic E-state index is 9.43. The molecule has 0 fully saturated rings. The van der Waals surface area contributed by atoms with Gasteiger partial charge in [0.1, 0.15) is 0 Å². The van der Waals surface area contributed by atoms with Gasteiger partial charge in [0, 0.05) is 5.02 Å². The van der Waals surface area contributed by atoms with Crippen molar-refractivity contribution in [3.05, 3.63) is 58.6 Å². The van der Waals surface area contributed by atoms with E-state index >= 15 is 0 Å². The van der Waals surface area contributed by atoms with E-state index in [4.69, 9.17) is 21.1 Å². The first-order valence-electron chi connectivity index (χ1n) is 7.45. The van der Waals surface area contributed by atoms with E-state index in [0.29, 0.717) is 35.3 Å². The lowest BCUT2D eigenvalue weighted by molar-refractivity contribution is 0.287. The maximum absolute atomic E-state index is 9.43. The van der Waals surface area contributed by atoms with E-state index < -0.39 is 0 Å². The van der Waals surface area contributed by atoms with Crippen LogP contribution in [-0.2, 0) is 0 Å². The van der Waals surface area contributed by atoms with Gasteiger partial charge in [0.15, 0.2) is 11.5 Å². The summed E-state index contributed by atoms with van der Waals surface area (Å²) in [6.07, 6.45) is 1.81. The van der Waals surface area contributed by atoms with Crippen molar-refractivity contribution in [1.29, 1.82) is 5.26 Å². The zero-order valence-electron chi connectivity index (χ0n) is 13.2. The average molecular weight is 328 g/mol. The molecule has 0 unspecified atom stereocenters. The zero-order chi connectivity index (χ0) is 16.7. The lowest BCUT2D eigenvalue weighted by Gasteiger charge is -2.11. The highest BCUT2D eigenvalue weighted by molar-refractivity contribution is 6.30. The summed E-state index contributed by atoms with van der Waals surface area (Å²) in [6, 6.07) is 15.1. The molecule has 0 bridgehead atoms. The molecule has 23 heavy (non-hydrogen) atoms. The Labute approximate surface area is 141 Å². The van der Waals surface area contributed by atoms with Crippen molar-refractivity contribution in [3.63, 3.8) is 0 Å². The van der Waals surface area contributed by atoms with E-state index in [9.17, 15) is 5.26 Å². The van der Waals surface area contributed by atoms with Crippen LogP contribution < -0.4 is 9.47 Å². The van der Waals surface area contributed by atoms with E-state index in [1.54, 1.807) is 12.1 Å². The summed E-state index contributed by atoms with van der Waals surface area (Å²) in [5.74, 6) is 1.37. The van der Waals surface area contributed by atoms with Crippen molar-refractivity contribution >= 4 is 23.3 Å². The number of halogens is 1. The number of rotatable bonds is 6. The minimum atomic E-state index is 0.541. The Morgan fingerprint density at radius 1 is 1.09 bits per heavy atom. The Bertz CT molecular complexity index is 747. The summed E-state index contributed by atoms with van der Waals surface area (Å²) >= 11 is 6.00. The Hall–Kier alpha value is -2.44. The number of hydrogen-bond acceptors (Lipinski definition) is 3. The lowest BCUT2D eigenvalue weighted by atomic mass is 10.0. The molecule has 3 nitrogen and oxygen atoms in total. The second-order valence-corrected chi connectivity index (χ2v) is 5.19. The second kappa shape index (κ2) is 8.26. The molecule has 0 spiro atoms. The fourth-order valence-corrected chi connectivity index (χ4v) is 2.35. The third-order valence-corrected chi connectivity index (χ3v) is 3.37. The first kappa shape index (κ1) is 16.9. The number of nitriles is 1. The summed E-state index contributed by atoms with van der Waals surface area (Å²) in [5, 5.41) is 10.0. The molecule has 2 aromatic carbocycles. The topological polar surface area (TPSA) is 42.2 Å². The predicted octanol–water partition coefficient (Wildman–Crippen LogP) is 5.20. The molecule has 4 heteroatoms. The highest BCUT2D eigenvalue weighted by Gasteiger charge is 2.07. The van der Waals surface area contributed by atoms with Gasteiger partial charge in [0.05, 0.1) is 24.9 Å². The van der Waals surface area contributed by atoms with Gasteiger partial charge in [-0.3, -0.25) is 0 Å². The standard InChI is InChI=1S/C19H18ClNO2/c1-3-22-18-9-8-14(11-19(18)23-4-2)10-16(13-21)15-6-5-7-17(20)12-15/h5-12H,3-4H2,1-2H3/b16-10-. The van der Waals surface area contributed by atoms with E-state index in [1.165, 1.54) is 0 Å². The summed E-state index contributed by atoms with van der Waals surface area (Å²) in [7, 11) is 0. The van der Waals surface area contributed by atoms with Crippen LogP contribution in [0.15, 0.2) is 42.5 Å². The summed E-state index contributed by atoms with van der Waals surface area (Å²) in [5.41, 5.74) is 2.19. The van der Waals surface area contributed by atoms with Crippen LogP contribution in [0, 0.1) is 11.3 Å². The van der Waals surface area contributed by atoms with Crippen molar-refractivity contribution in [2.75, 3.05) is 13.2 Å². The largest absolute Gasteiger partial charge is 0.490 e. The number of ether oxygens (including phenoxy) is 2. The highest BCUT2D eigenvalue weighted by Crippen LogP contribution is 2.30. The van der Waals surface area contributed by atoms with Crippen LogP contribution in [0.4, 0.5) is 0 Å². The van der Waals surface area contributed by atoms with Gasteiger partial charge >= 0.3 is 0 Å². The number of nitrogens with zero attached hydrogens (tertiary/aromatic N) is 1. The molecular weight excluding hydrogens is 310 g/mol. The third kappa shape index (κ3) is 4.51. The molecule has 2 aromatic rings. The van der Waals surface area contributed by atoms with Crippen molar-refractivity contribution in [1.82, 2.24) is 0 Å². The summed E-state index contributed by atoms with van der Waals surface area (Å²) in [6.45, 7) is 4.97. The van der Waals surface area contributed by atoms with Gasteiger partial charge < -0.3 is 9.47 Å². The molecule has 2 rings (SSSR count). The molecule has 0 saturated carbocycles. The molecule has 0 amide bonds. The van der Waals surface area contributed by atoms with Gasteiger partial charge in [-0.15, -0.1) is 0 Å². The van der Waals surface area contributed by atoms with Gasteiger partial charge in [-0.2, -0.15) is 5.26 Å². The Morgan fingerprint density at radius 3 is 2.48 bits per heavy atom. The van der Waals surface area contributed by atoms with Crippen LogP contribution in [-0.4, -0.2) is 13.2 Å². The quantitative estimate of drug-likeness (QED) is 0.541. The third-order valence-electron chi connectivity index (χ3n) is 3.13. The van der Waals surface area contributed by atoms with Gasteiger partial charge in [0.2, 0.25) is 0 Å². The molecule has 0 aliphatic rings. The first-order chi connectivity index (χ1) is 11.2. The second-order valence-electron chi connectivity index (χ2n) is 4.75. The van der Waals surface area contributed by atoms with Crippen LogP contribution in [0.25, 0.3) is 11.6 Å². The molecule has 0 saturated heterocycles. The predicted molar refractivity (Wildman–Crippen MR) is 93.7 cm³/mol. The summed E-state index contributed by atoms with van der Waals surface area (Å²) < 4.78 is 11.2. The SMILES string of the molecule is CCOc1ccc(/C=C(/C#N)c2cccc(Cl)c2)cc1OCC. The van der Waals surface area contributed by atoms with Gasteiger partial charge in [-0.1, -0.05) is 29.8 Å². The van der Waals surface area contributed by atoms with Crippen molar-refractivity contribution in [3.8, 4) is 17.6 Å². The first-order valence-corrected chi connectivity index (χ1v) is 7.83. The fraction of sp³-hybridized carbons (Fsp3) is 0.211. The van der Waals surface area contributed by atoms with Gasteiger partial charge in [-0.05, 0) is 55.3 Å².